The van der Waals surface area contributed by atoms with Crippen molar-refractivity contribution in [2.24, 2.45) is 0 Å². The molecule has 0 saturated heterocycles. The van der Waals surface area contributed by atoms with Gasteiger partial charge < -0.3 is 0 Å². The van der Waals surface area contributed by atoms with E-state index in [-0.39, 0.29) is 5.56 Å². The molecule has 21 heavy (non-hydrogen) atoms. The van der Waals surface area contributed by atoms with Crippen molar-refractivity contribution in [1.82, 2.24) is 14.6 Å². The zero-order chi connectivity index (χ0) is 14.6. The third-order valence-electron chi connectivity index (χ3n) is 4.50. The van der Waals surface area contributed by atoms with Gasteiger partial charge in [-0.05, 0) is 32.3 Å². The van der Waals surface area contributed by atoms with Gasteiger partial charge in [0, 0.05) is 10.8 Å². The number of hydrogen-bond donors (Lipinski definition) is 0. The number of hydrogen-bond acceptors (Lipinski definition) is 5. The van der Waals surface area contributed by atoms with Gasteiger partial charge in [0.1, 0.15) is 9.84 Å². The molecule has 1 aliphatic carbocycles. The van der Waals surface area contributed by atoms with Crippen LogP contribution >= 0.6 is 22.7 Å². The van der Waals surface area contributed by atoms with Crippen LogP contribution in [0.5, 0.6) is 0 Å². The second kappa shape index (κ2) is 4.88. The molecule has 0 atom stereocenters. The van der Waals surface area contributed by atoms with E-state index in [9.17, 15) is 4.79 Å². The molecule has 4 rings (SSSR count). The molecule has 1 saturated carbocycles. The molecule has 0 radical (unpaired) electrons. The minimum Gasteiger partial charge on any atom is -0.266 e. The Kier molecular flexibility index (Phi) is 3.11. The smallest absolute Gasteiger partial charge is 0.266 e. The Morgan fingerprint density at radius 2 is 1.90 bits per heavy atom. The molecule has 0 N–H and O–H groups in total. The first-order valence-corrected chi connectivity index (χ1v) is 9.08. The van der Waals surface area contributed by atoms with Crippen molar-refractivity contribution in [3.8, 4) is 0 Å². The number of thiophene rings is 1. The van der Waals surface area contributed by atoms with E-state index in [0.29, 0.717) is 5.92 Å². The molecule has 3 heterocycles. The van der Waals surface area contributed by atoms with Gasteiger partial charge in [0.15, 0.2) is 0 Å². The molecule has 1 aliphatic rings. The van der Waals surface area contributed by atoms with Gasteiger partial charge in [-0.15, -0.1) is 11.3 Å². The van der Waals surface area contributed by atoms with Crippen LogP contribution in [0.4, 0.5) is 0 Å². The molecule has 0 spiro atoms. The second-order valence-corrected chi connectivity index (χ2v) is 8.04. The molecular formula is C15H17N3OS2. The van der Waals surface area contributed by atoms with Gasteiger partial charge in [0.2, 0.25) is 4.96 Å². The van der Waals surface area contributed by atoms with Gasteiger partial charge in [-0.1, -0.05) is 30.6 Å². The minimum absolute atomic E-state index is 0.00448. The van der Waals surface area contributed by atoms with Crippen LogP contribution in [-0.4, -0.2) is 14.6 Å². The molecule has 0 bridgehead atoms. The molecule has 3 aromatic heterocycles. The van der Waals surface area contributed by atoms with E-state index >= 15 is 0 Å². The zero-order valence-corrected chi connectivity index (χ0v) is 13.8. The van der Waals surface area contributed by atoms with Crippen molar-refractivity contribution >= 4 is 37.9 Å². The van der Waals surface area contributed by atoms with E-state index in [4.69, 9.17) is 0 Å². The summed E-state index contributed by atoms with van der Waals surface area (Å²) < 4.78 is 1.52. The first-order valence-electron chi connectivity index (χ1n) is 7.44. The summed E-state index contributed by atoms with van der Waals surface area (Å²) in [5.74, 6) is 0.519. The fourth-order valence-electron chi connectivity index (χ4n) is 3.15. The summed E-state index contributed by atoms with van der Waals surface area (Å²) in [6, 6.07) is 0. The highest BCUT2D eigenvalue weighted by Crippen LogP contribution is 2.35. The summed E-state index contributed by atoms with van der Waals surface area (Å²) in [6.07, 6.45) is 6.27. The maximum absolute atomic E-state index is 12.7. The SMILES string of the molecule is Cc1sc2nc3sc(C4CCCCC4)nn3c(=O)c2c1C. The van der Waals surface area contributed by atoms with Crippen molar-refractivity contribution < 1.29 is 0 Å². The molecule has 6 heteroatoms. The summed E-state index contributed by atoms with van der Waals surface area (Å²) in [7, 11) is 0. The standard InChI is InChI=1S/C15H17N3OS2/c1-8-9(2)20-13-11(8)14(19)18-15(16-13)21-12(17-18)10-6-4-3-5-7-10/h10H,3-7H2,1-2H3. The summed E-state index contributed by atoms with van der Waals surface area (Å²) in [5.41, 5.74) is 1.05. The quantitative estimate of drug-likeness (QED) is 0.680. The lowest BCUT2D eigenvalue weighted by atomic mass is 9.90. The number of aryl methyl sites for hydroxylation is 2. The van der Waals surface area contributed by atoms with E-state index < -0.39 is 0 Å². The summed E-state index contributed by atoms with van der Waals surface area (Å²) in [4.78, 5) is 20.1. The first-order chi connectivity index (χ1) is 10.1. The first kappa shape index (κ1) is 13.4. The Balaban J connectivity index is 1.93. The normalized spacial score (nSPS) is 17.0. The number of nitrogens with zero attached hydrogens (tertiary/aromatic N) is 3. The largest absolute Gasteiger partial charge is 0.284 e. The Morgan fingerprint density at radius 3 is 2.67 bits per heavy atom. The molecule has 110 valence electrons. The number of aromatic nitrogens is 3. The van der Waals surface area contributed by atoms with Gasteiger partial charge >= 0.3 is 0 Å². The average molecular weight is 319 g/mol. The fourth-order valence-corrected chi connectivity index (χ4v) is 5.28. The predicted octanol–water partition coefficient (Wildman–Crippen LogP) is 4.03. The van der Waals surface area contributed by atoms with Crippen molar-refractivity contribution in [3.63, 3.8) is 0 Å². The number of rotatable bonds is 1. The molecule has 4 nitrogen and oxygen atoms in total. The third kappa shape index (κ3) is 2.04. The lowest BCUT2D eigenvalue weighted by Gasteiger charge is -2.18. The highest BCUT2D eigenvalue weighted by atomic mass is 32.1. The maximum atomic E-state index is 12.7. The lowest BCUT2D eigenvalue weighted by Crippen LogP contribution is -2.15. The molecule has 0 aliphatic heterocycles. The van der Waals surface area contributed by atoms with Crippen LogP contribution in [0.25, 0.3) is 15.2 Å². The van der Waals surface area contributed by atoms with Crippen molar-refractivity contribution in [1.29, 1.82) is 0 Å². The van der Waals surface area contributed by atoms with E-state index in [0.717, 1.165) is 25.7 Å². The Hall–Kier alpha value is -1.27. The fraction of sp³-hybridized carbons (Fsp3) is 0.533. The van der Waals surface area contributed by atoms with Gasteiger partial charge in [-0.3, -0.25) is 4.79 Å². The van der Waals surface area contributed by atoms with E-state index in [1.54, 1.807) is 22.7 Å². The van der Waals surface area contributed by atoms with Gasteiger partial charge in [0.25, 0.3) is 5.56 Å². The highest BCUT2D eigenvalue weighted by molar-refractivity contribution is 7.19. The molecule has 1 fully saturated rings. The van der Waals surface area contributed by atoms with Crippen LogP contribution in [0.1, 0.15) is 53.5 Å². The van der Waals surface area contributed by atoms with Crippen LogP contribution in [0.15, 0.2) is 4.79 Å². The van der Waals surface area contributed by atoms with E-state index in [1.807, 2.05) is 13.8 Å². The minimum atomic E-state index is -0.00448. The molecule has 3 aromatic rings. The Labute approximate surface area is 130 Å². The summed E-state index contributed by atoms with van der Waals surface area (Å²) in [5, 5.41) is 6.44. The lowest BCUT2D eigenvalue weighted by molar-refractivity contribution is 0.439. The molecule has 0 amide bonds. The highest BCUT2D eigenvalue weighted by Gasteiger charge is 2.22. The van der Waals surface area contributed by atoms with Crippen LogP contribution in [0.3, 0.4) is 0 Å². The molecular weight excluding hydrogens is 302 g/mol. The summed E-state index contributed by atoms with van der Waals surface area (Å²) in [6.45, 7) is 4.04. The number of fused-ring (bicyclic) bond motifs is 2. The topological polar surface area (TPSA) is 47.3 Å². The Morgan fingerprint density at radius 1 is 1.14 bits per heavy atom. The van der Waals surface area contributed by atoms with Gasteiger partial charge in [-0.2, -0.15) is 9.61 Å². The van der Waals surface area contributed by atoms with Crippen molar-refractivity contribution in [3.05, 3.63) is 25.8 Å². The van der Waals surface area contributed by atoms with Crippen molar-refractivity contribution in [2.75, 3.05) is 0 Å². The molecule has 0 aromatic carbocycles. The zero-order valence-electron chi connectivity index (χ0n) is 12.2. The van der Waals surface area contributed by atoms with Gasteiger partial charge in [-0.25, -0.2) is 4.98 Å². The second-order valence-electron chi connectivity index (χ2n) is 5.85. The monoisotopic (exact) mass is 319 g/mol. The van der Waals surface area contributed by atoms with Crippen LogP contribution < -0.4 is 5.56 Å². The maximum Gasteiger partial charge on any atom is 0.284 e. The predicted molar refractivity (Wildman–Crippen MR) is 87.8 cm³/mol. The van der Waals surface area contributed by atoms with Crippen LogP contribution in [0.2, 0.25) is 0 Å². The van der Waals surface area contributed by atoms with Crippen LogP contribution in [-0.2, 0) is 0 Å². The third-order valence-corrected chi connectivity index (χ3v) is 6.67. The van der Waals surface area contributed by atoms with E-state index in [1.165, 1.54) is 41.5 Å². The van der Waals surface area contributed by atoms with E-state index in [2.05, 4.69) is 10.1 Å². The van der Waals surface area contributed by atoms with Crippen molar-refractivity contribution in [2.45, 2.75) is 51.9 Å². The molecule has 0 unspecified atom stereocenters. The van der Waals surface area contributed by atoms with Crippen LogP contribution in [0, 0.1) is 13.8 Å². The average Bonchev–Trinajstić information content (AvgIpc) is 3.03. The Bertz CT molecular complexity index is 884. The summed E-state index contributed by atoms with van der Waals surface area (Å²) >= 11 is 3.20. The van der Waals surface area contributed by atoms with Gasteiger partial charge in [0.05, 0.1) is 5.39 Å².